The van der Waals surface area contributed by atoms with Crippen molar-refractivity contribution in [1.82, 2.24) is 0 Å². The third kappa shape index (κ3) is 17.5. The Morgan fingerprint density at radius 1 is 0.159 bits per heavy atom. The highest BCUT2D eigenvalue weighted by atomic mass is 31.2. The first-order chi connectivity index (χ1) is 65.9. The number of carbonyl (C=O) groups excluding carboxylic acids is 2. The molecule has 0 aliphatic carbocycles. The Morgan fingerprint density at radius 2 is 0.261 bits per heavy atom. The first-order valence-corrected chi connectivity index (χ1v) is 43.1. The van der Waals surface area contributed by atoms with Crippen LogP contribution >= 0.6 is 14.8 Å². The van der Waals surface area contributed by atoms with Crippen LogP contribution in [0.15, 0.2) is 315 Å². The number of amides is 2. The molecular weight excluding hydrogens is 1920 g/mol. The summed E-state index contributed by atoms with van der Waals surface area (Å²) >= 11 is 0. The lowest BCUT2D eigenvalue weighted by atomic mass is 9.27. The van der Waals surface area contributed by atoms with Crippen LogP contribution in [-0.4, -0.2) is 24.9 Å². The van der Waals surface area contributed by atoms with E-state index in [4.69, 9.17) is 9.31 Å². The Hall–Kier alpha value is -15.1. The Labute approximate surface area is 762 Å². The summed E-state index contributed by atoms with van der Waals surface area (Å²) in [4.78, 5) is 31.3. The second-order valence-corrected chi connectivity index (χ2v) is 35.6. The Balaban J connectivity index is 0.000000207. The van der Waals surface area contributed by atoms with Crippen LogP contribution in [0, 0.1) is 175 Å². The molecule has 0 aromatic heterocycles. The summed E-state index contributed by atoms with van der Waals surface area (Å²) in [5, 5.41) is 0.611. The highest BCUT2D eigenvalue weighted by Crippen LogP contribution is 2.63. The van der Waals surface area contributed by atoms with Gasteiger partial charge in [-0.05, 0) is 97.1 Å². The average molecular weight is 1980 g/mol. The summed E-state index contributed by atoms with van der Waals surface area (Å²) in [6.07, 6.45) is -18.3. The number of benzene rings is 16. The highest BCUT2D eigenvalue weighted by Gasteiger charge is 2.62. The maximum Gasteiger partial charge on any atom is 0.400 e. The summed E-state index contributed by atoms with van der Waals surface area (Å²) in [6.45, 7) is 0. The van der Waals surface area contributed by atoms with E-state index < -0.39 is 258 Å². The Kier molecular flexibility index (Phi) is 30.3. The number of para-hydroxylation sites is 2. The van der Waals surface area contributed by atoms with E-state index in [1.807, 2.05) is 72.8 Å². The molecular formula is C98H52B2F30N2O4P2. The number of rotatable bonds is 18. The van der Waals surface area contributed by atoms with Crippen LogP contribution in [0.1, 0.15) is 0 Å². The largest absolute Gasteiger partial charge is 0.657 e. The molecule has 16 rings (SSSR count). The van der Waals surface area contributed by atoms with Crippen LogP contribution in [-0.2, 0) is 9.31 Å². The predicted octanol–water partition coefficient (Wildman–Crippen LogP) is 22.0. The number of halogens is 30. The van der Waals surface area contributed by atoms with Gasteiger partial charge in [0.1, 0.15) is 102 Å². The summed E-state index contributed by atoms with van der Waals surface area (Å²) in [5.74, 6) is -97.5. The molecule has 0 radical (unpaired) electrons. The van der Waals surface area contributed by atoms with Crippen molar-refractivity contribution < 1.29 is 151 Å². The lowest BCUT2D eigenvalue weighted by molar-refractivity contribution is 0.210. The molecule has 0 fully saturated rings. The van der Waals surface area contributed by atoms with E-state index in [-0.39, 0.29) is 31.8 Å². The number of hydrogen-bond donors (Lipinski definition) is 0. The van der Waals surface area contributed by atoms with Crippen molar-refractivity contribution in [3.05, 3.63) is 490 Å². The zero-order chi connectivity index (χ0) is 99.9. The van der Waals surface area contributed by atoms with Crippen LogP contribution in [0.4, 0.5) is 153 Å². The quantitative estimate of drug-likeness (QED) is 0.0282. The van der Waals surface area contributed by atoms with E-state index in [1.165, 1.54) is 218 Å². The van der Waals surface area contributed by atoms with E-state index in [1.54, 1.807) is 0 Å². The van der Waals surface area contributed by atoms with E-state index in [2.05, 4.69) is 0 Å². The minimum atomic E-state index is -6.74. The number of hydrogen-bond acceptors (Lipinski definition) is 4. The van der Waals surface area contributed by atoms with Crippen molar-refractivity contribution in [2.75, 3.05) is 9.34 Å². The van der Waals surface area contributed by atoms with E-state index in [0.29, 0.717) is 9.34 Å². The van der Waals surface area contributed by atoms with Crippen molar-refractivity contribution in [3.8, 4) is 0 Å². The van der Waals surface area contributed by atoms with Gasteiger partial charge >= 0.3 is 12.2 Å². The van der Waals surface area contributed by atoms with Gasteiger partial charge in [-0.1, -0.05) is 251 Å². The van der Waals surface area contributed by atoms with E-state index in [9.17, 15) is 26.3 Å². The third-order valence-electron chi connectivity index (χ3n) is 21.5. The van der Waals surface area contributed by atoms with Gasteiger partial charge in [-0.25, -0.2) is 141 Å². The Morgan fingerprint density at radius 3 is 0.384 bits per heavy atom. The first kappa shape index (κ1) is 100. The molecule has 0 bridgehead atoms. The van der Waals surface area contributed by atoms with Crippen molar-refractivity contribution >= 4 is 116 Å². The smallest absolute Gasteiger partial charge is 0.400 e. The zero-order valence-corrected chi connectivity index (χ0v) is 70.7. The molecule has 40 heteroatoms. The fourth-order valence-electron chi connectivity index (χ4n) is 15.7. The van der Waals surface area contributed by atoms with Crippen molar-refractivity contribution in [1.29, 1.82) is 0 Å². The van der Waals surface area contributed by atoms with Crippen LogP contribution in [0.2, 0.25) is 0 Å². The normalized spacial score (nSPS) is 11.5. The van der Waals surface area contributed by atoms with E-state index in [0.717, 1.165) is 24.3 Å². The van der Waals surface area contributed by atoms with Crippen molar-refractivity contribution in [2.24, 2.45) is 0 Å². The van der Waals surface area contributed by atoms with Gasteiger partial charge in [-0.3, -0.25) is 0 Å². The molecule has 0 unspecified atom stereocenters. The minimum Gasteiger partial charge on any atom is -0.657 e. The SMILES string of the molecule is O=C(O[B-](c1c(F)c(F)c(F)c(F)c1F)(c1c(F)c(F)c(F)c(F)c1F)c1c(F)c(F)c(F)c(F)c1F)N(c1ccccc1)[P+](c1ccccc1)(c1ccccc1)c1ccccc1.O=C(O[B-](c1c(F)c(F)c(F)c(F)c1F)(c1c(F)c(F)c(F)c(F)c1F)c1c(F)c(F)c(F)c(F)c1F)N(c1ccccc1)[P+](c1ccccc1)(c1ccccc1)c1ccccc1.c1ccccc1.c1ccccc1. The fourth-order valence-corrected chi connectivity index (χ4v) is 24.0. The molecule has 0 heterocycles. The van der Waals surface area contributed by atoms with Gasteiger partial charge in [-0.15, -0.1) is 9.34 Å². The molecule has 0 N–H and O–H groups in total. The van der Waals surface area contributed by atoms with Crippen molar-refractivity contribution in [3.63, 3.8) is 0 Å². The summed E-state index contributed by atoms with van der Waals surface area (Å²) in [7, 11) is -8.54. The molecule has 704 valence electrons. The predicted molar refractivity (Wildman–Crippen MR) is 461 cm³/mol. The lowest BCUT2D eigenvalue weighted by Crippen LogP contribution is -2.76. The van der Waals surface area contributed by atoms with Gasteiger partial charge in [0.05, 0.1) is 11.4 Å². The van der Waals surface area contributed by atoms with E-state index >= 15 is 115 Å². The van der Waals surface area contributed by atoms with Crippen LogP contribution in [0.3, 0.4) is 0 Å². The third-order valence-corrected chi connectivity index (χ3v) is 29.8. The summed E-state index contributed by atoms with van der Waals surface area (Å²) in [6, 6.07) is 79.5. The maximum absolute atomic E-state index is 16.4. The molecule has 0 spiro atoms. The first-order valence-electron chi connectivity index (χ1n) is 39.6. The standard InChI is InChI=1S/2C43H20BF15NO2P.2C6H6/c2*45-28-25(29(46)35(52)40(57)34(28)51)44(26-30(47)36(53)41(58)37(54)31(26)48,27-32(49)38(55)42(59)39(56)33(27)50)62-43(61)60(21-13-5-1-6-14-21)63(22-15-7-2-8-16-22,23-17-9-3-10-18-23)24-19-11-4-12-20-24;2*1-2-4-6-5-3-1/h2*1-20H;2*1-6H. The zero-order valence-electron chi connectivity index (χ0n) is 68.9. The van der Waals surface area contributed by atoms with Gasteiger partial charge in [0.25, 0.3) is 12.7 Å². The number of anilines is 2. The molecule has 138 heavy (non-hydrogen) atoms. The summed E-state index contributed by atoms with van der Waals surface area (Å²) < 4.78 is 482. The topological polar surface area (TPSA) is 59.1 Å². The molecule has 6 nitrogen and oxygen atoms in total. The van der Waals surface area contributed by atoms with Gasteiger partial charge in [0.2, 0.25) is 14.8 Å². The average Bonchev–Trinajstić information content (AvgIpc) is 0.692. The van der Waals surface area contributed by atoms with Crippen LogP contribution in [0.5, 0.6) is 0 Å². The van der Waals surface area contributed by atoms with Crippen molar-refractivity contribution in [2.45, 2.75) is 0 Å². The molecule has 16 aromatic rings. The molecule has 0 saturated heterocycles. The van der Waals surface area contributed by atoms with Crippen LogP contribution < -0.4 is 73.9 Å². The van der Waals surface area contributed by atoms with Gasteiger partial charge in [0.15, 0.2) is 105 Å². The van der Waals surface area contributed by atoms with Gasteiger partial charge < -0.3 is 9.31 Å². The molecule has 0 saturated carbocycles. The highest BCUT2D eigenvalue weighted by molar-refractivity contribution is 7.98. The molecule has 16 aromatic carbocycles. The molecule has 0 aliphatic rings. The monoisotopic (exact) mass is 1970 g/mol. The molecule has 0 atom stereocenters. The second-order valence-electron chi connectivity index (χ2n) is 29.1. The van der Waals surface area contributed by atoms with Gasteiger partial charge in [0, 0.05) is 0 Å². The molecule has 2 amide bonds. The summed E-state index contributed by atoms with van der Waals surface area (Å²) in [5.41, 5.74) is -19.4. The number of nitrogens with zero attached hydrogens (tertiary/aromatic N) is 2. The lowest BCUT2D eigenvalue weighted by Gasteiger charge is -2.46. The maximum atomic E-state index is 16.4. The number of carbonyl (C=O) groups is 2. The fraction of sp³-hybridized carbons (Fsp3) is 0. The Bertz CT molecular complexity index is 6030. The molecule has 0 aliphatic heterocycles. The van der Waals surface area contributed by atoms with Gasteiger partial charge in [-0.2, -0.15) is 0 Å². The second kappa shape index (κ2) is 41.7. The minimum absolute atomic E-state index is 0.102. The van der Waals surface area contributed by atoms with Crippen LogP contribution in [0.25, 0.3) is 0 Å².